The predicted octanol–water partition coefficient (Wildman–Crippen LogP) is 2.25. The molecule has 2 aliphatic heterocycles. The van der Waals surface area contributed by atoms with Crippen molar-refractivity contribution in [3.05, 3.63) is 18.2 Å². The normalized spacial score (nSPS) is 27.8. The third kappa shape index (κ3) is 4.13. The van der Waals surface area contributed by atoms with Gasteiger partial charge in [-0.1, -0.05) is 0 Å². The topological polar surface area (TPSA) is 76.9 Å². The fourth-order valence-electron chi connectivity index (χ4n) is 5.38. The minimum absolute atomic E-state index is 0.156. The number of hydrogen-bond acceptors (Lipinski definition) is 6. The molecule has 8 heteroatoms. The van der Waals surface area contributed by atoms with E-state index in [0.717, 1.165) is 51.3 Å². The zero-order chi connectivity index (χ0) is 20.4. The van der Waals surface area contributed by atoms with Gasteiger partial charge in [0.05, 0.1) is 13.7 Å². The number of hydrogen-bond donors (Lipinski definition) is 0. The predicted molar refractivity (Wildman–Crippen MR) is 106 cm³/mol. The summed E-state index contributed by atoms with van der Waals surface area (Å²) in [5, 5.41) is 0. The van der Waals surface area contributed by atoms with Gasteiger partial charge in [0.2, 0.25) is 0 Å². The summed E-state index contributed by atoms with van der Waals surface area (Å²) in [4.78, 5) is 32.6. The van der Waals surface area contributed by atoms with Crippen LogP contribution in [-0.4, -0.2) is 77.4 Å². The van der Waals surface area contributed by atoms with Gasteiger partial charge in [0.1, 0.15) is 12.4 Å². The third-order valence-electron chi connectivity index (χ3n) is 6.99. The van der Waals surface area contributed by atoms with E-state index >= 15 is 0 Å². The molecule has 29 heavy (non-hydrogen) atoms. The molecule has 0 bridgehead atoms. The SMILES string of the molecule is CCOC(=O)N1CCC2(CC(N3CCC(c4nccn4CC(=O)OC)CC3)C2)C1. The second-order valence-corrected chi connectivity index (χ2v) is 8.73. The van der Waals surface area contributed by atoms with Crippen molar-refractivity contribution in [2.24, 2.45) is 5.41 Å². The van der Waals surface area contributed by atoms with Crippen molar-refractivity contribution in [2.45, 2.75) is 57.5 Å². The van der Waals surface area contributed by atoms with Crippen LogP contribution < -0.4 is 0 Å². The Labute approximate surface area is 172 Å². The number of ether oxygens (including phenoxy) is 2. The van der Waals surface area contributed by atoms with Crippen molar-refractivity contribution in [2.75, 3.05) is 39.9 Å². The summed E-state index contributed by atoms with van der Waals surface area (Å²) >= 11 is 0. The van der Waals surface area contributed by atoms with Crippen LogP contribution in [-0.2, 0) is 20.8 Å². The molecule has 2 saturated heterocycles. The summed E-state index contributed by atoms with van der Waals surface area (Å²) in [5.74, 6) is 1.15. The van der Waals surface area contributed by atoms with Gasteiger partial charge in [0, 0.05) is 37.4 Å². The fourth-order valence-corrected chi connectivity index (χ4v) is 5.38. The molecule has 160 valence electrons. The Morgan fingerprint density at radius 3 is 2.69 bits per heavy atom. The smallest absolute Gasteiger partial charge is 0.409 e. The summed E-state index contributed by atoms with van der Waals surface area (Å²) in [6, 6.07) is 0.632. The van der Waals surface area contributed by atoms with E-state index in [4.69, 9.17) is 9.47 Å². The maximum atomic E-state index is 12.0. The molecule has 8 nitrogen and oxygen atoms in total. The van der Waals surface area contributed by atoms with Crippen molar-refractivity contribution in [3.63, 3.8) is 0 Å². The standard InChI is InChI=1S/C21H32N4O4/c1-3-29-20(27)25-10-6-21(15-25)12-17(13-21)23-8-4-16(5-9-23)19-22-7-11-24(19)14-18(26)28-2/h7,11,16-17H,3-6,8-10,12-15H2,1-2H3. The van der Waals surface area contributed by atoms with Gasteiger partial charge in [0.25, 0.3) is 0 Å². The van der Waals surface area contributed by atoms with Crippen LogP contribution in [0.1, 0.15) is 50.8 Å². The van der Waals surface area contributed by atoms with Crippen LogP contribution in [0.4, 0.5) is 4.79 Å². The van der Waals surface area contributed by atoms with E-state index < -0.39 is 0 Å². The molecule has 0 unspecified atom stereocenters. The van der Waals surface area contributed by atoms with Crippen LogP contribution in [0.25, 0.3) is 0 Å². The van der Waals surface area contributed by atoms with E-state index in [0.29, 0.717) is 24.0 Å². The summed E-state index contributed by atoms with van der Waals surface area (Å²) in [5.41, 5.74) is 0.311. The molecule has 1 saturated carbocycles. The quantitative estimate of drug-likeness (QED) is 0.701. The molecule has 1 amide bonds. The van der Waals surface area contributed by atoms with E-state index in [1.54, 1.807) is 6.20 Å². The number of esters is 1. The molecule has 1 spiro atoms. The number of likely N-dealkylation sites (tertiary alicyclic amines) is 2. The van der Waals surface area contributed by atoms with Gasteiger partial charge in [-0.15, -0.1) is 0 Å². The first-order valence-electron chi connectivity index (χ1n) is 10.8. The average molecular weight is 405 g/mol. The molecule has 1 aromatic heterocycles. The van der Waals surface area contributed by atoms with E-state index in [9.17, 15) is 9.59 Å². The minimum Gasteiger partial charge on any atom is -0.468 e. The first-order valence-corrected chi connectivity index (χ1v) is 10.8. The van der Waals surface area contributed by atoms with Gasteiger partial charge < -0.3 is 23.8 Å². The van der Waals surface area contributed by atoms with Crippen LogP contribution in [0.15, 0.2) is 12.4 Å². The molecule has 0 radical (unpaired) electrons. The molecule has 3 aliphatic rings. The van der Waals surface area contributed by atoms with E-state index in [-0.39, 0.29) is 18.6 Å². The van der Waals surface area contributed by atoms with Gasteiger partial charge in [-0.3, -0.25) is 4.79 Å². The van der Waals surface area contributed by atoms with Crippen LogP contribution in [0.5, 0.6) is 0 Å². The Kier molecular flexibility index (Phi) is 5.81. The molecule has 3 heterocycles. The van der Waals surface area contributed by atoms with Gasteiger partial charge >= 0.3 is 12.1 Å². The molecule has 0 aromatic carbocycles. The largest absolute Gasteiger partial charge is 0.468 e. The molecular weight excluding hydrogens is 372 g/mol. The molecule has 3 fully saturated rings. The van der Waals surface area contributed by atoms with Crippen LogP contribution in [0.3, 0.4) is 0 Å². The van der Waals surface area contributed by atoms with Gasteiger partial charge in [-0.05, 0) is 57.5 Å². The Morgan fingerprint density at radius 2 is 2.00 bits per heavy atom. The van der Waals surface area contributed by atoms with E-state index in [1.807, 2.05) is 22.6 Å². The number of aromatic nitrogens is 2. The summed E-state index contributed by atoms with van der Waals surface area (Å²) in [6.45, 7) is 6.34. The highest BCUT2D eigenvalue weighted by atomic mass is 16.6. The van der Waals surface area contributed by atoms with Crippen LogP contribution in [0, 0.1) is 5.41 Å². The van der Waals surface area contributed by atoms with Crippen molar-refractivity contribution in [1.82, 2.24) is 19.4 Å². The monoisotopic (exact) mass is 404 g/mol. The first kappa shape index (κ1) is 20.2. The van der Waals surface area contributed by atoms with Crippen molar-refractivity contribution >= 4 is 12.1 Å². The van der Waals surface area contributed by atoms with Gasteiger partial charge in [-0.2, -0.15) is 0 Å². The van der Waals surface area contributed by atoms with Crippen molar-refractivity contribution in [3.8, 4) is 0 Å². The average Bonchev–Trinajstić information content (AvgIpc) is 3.34. The lowest BCUT2D eigenvalue weighted by Gasteiger charge is -2.51. The van der Waals surface area contributed by atoms with Crippen LogP contribution >= 0.6 is 0 Å². The van der Waals surface area contributed by atoms with E-state index in [1.165, 1.54) is 20.0 Å². The van der Waals surface area contributed by atoms with Gasteiger partial charge in [0.15, 0.2) is 0 Å². The number of carbonyl (C=O) groups excluding carboxylic acids is 2. The van der Waals surface area contributed by atoms with Gasteiger partial charge in [-0.25, -0.2) is 9.78 Å². The third-order valence-corrected chi connectivity index (χ3v) is 6.99. The number of amides is 1. The Hall–Kier alpha value is -2.09. The molecule has 1 aliphatic carbocycles. The second-order valence-electron chi connectivity index (χ2n) is 8.73. The molecule has 4 rings (SSSR count). The summed E-state index contributed by atoms with van der Waals surface area (Å²) in [6.07, 6.45) is 9.09. The first-order chi connectivity index (χ1) is 14.0. The molecule has 0 atom stereocenters. The minimum atomic E-state index is -0.241. The highest BCUT2D eigenvalue weighted by molar-refractivity contribution is 5.69. The Morgan fingerprint density at radius 1 is 1.24 bits per heavy atom. The number of piperidine rings is 1. The van der Waals surface area contributed by atoms with Crippen molar-refractivity contribution in [1.29, 1.82) is 0 Å². The summed E-state index contributed by atoms with van der Waals surface area (Å²) in [7, 11) is 1.42. The van der Waals surface area contributed by atoms with Crippen molar-refractivity contribution < 1.29 is 19.1 Å². The lowest BCUT2D eigenvalue weighted by atomic mass is 9.64. The number of rotatable bonds is 5. The molecular formula is C21H32N4O4. The Bertz CT molecular complexity index is 735. The zero-order valence-corrected chi connectivity index (χ0v) is 17.5. The number of carbonyl (C=O) groups is 2. The maximum absolute atomic E-state index is 12.0. The number of imidazole rings is 1. The zero-order valence-electron chi connectivity index (χ0n) is 17.5. The van der Waals surface area contributed by atoms with Crippen LogP contribution in [0.2, 0.25) is 0 Å². The highest BCUT2D eigenvalue weighted by Gasteiger charge is 2.51. The molecule has 0 N–H and O–H groups in total. The number of nitrogens with zero attached hydrogens (tertiary/aromatic N) is 4. The lowest BCUT2D eigenvalue weighted by molar-refractivity contribution is -0.141. The lowest BCUT2D eigenvalue weighted by Crippen LogP contribution is -2.54. The number of methoxy groups -OCH3 is 1. The van der Waals surface area contributed by atoms with E-state index in [2.05, 4.69) is 9.88 Å². The maximum Gasteiger partial charge on any atom is 0.409 e. The highest BCUT2D eigenvalue weighted by Crippen LogP contribution is 2.51. The summed E-state index contributed by atoms with van der Waals surface area (Å²) < 4.78 is 11.9. The second kappa shape index (κ2) is 8.34. The molecule has 1 aromatic rings. The Balaban J connectivity index is 1.25. The fraction of sp³-hybridized carbons (Fsp3) is 0.762.